The van der Waals surface area contributed by atoms with Crippen LogP contribution in [0.25, 0.3) is 22.4 Å². The average molecular weight is 300 g/mol. The van der Waals surface area contributed by atoms with Crippen molar-refractivity contribution in [3.8, 4) is 11.4 Å². The van der Waals surface area contributed by atoms with Crippen LogP contribution in [0.4, 0.5) is 0 Å². The van der Waals surface area contributed by atoms with E-state index in [2.05, 4.69) is 20.1 Å². The quantitative estimate of drug-likeness (QED) is 0.619. The second-order valence-electron chi connectivity index (χ2n) is 5.00. The molecule has 0 unspecified atom stereocenters. The summed E-state index contributed by atoms with van der Waals surface area (Å²) in [5.41, 5.74) is 7.77. The Hall–Kier alpha value is -2.74. The largest absolute Gasteiger partial charge is 0.394 e. The molecule has 0 bridgehead atoms. The van der Waals surface area contributed by atoms with Gasteiger partial charge in [0.2, 0.25) is 5.91 Å². The van der Waals surface area contributed by atoms with Gasteiger partial charge in [0.1, 0.15) is 5.82 Å². The molecule has 3 rings (SSSR count). The Morgan fingerprint density at radius 2 is 2.23 bits per heavy atom. The number of hydrogen-bond donors (Lipinski definition) is 3. The fraction of sp³-hybridized carbons (Fsp3) is 0.286. The SMILES string of the molecule is Cc1nc2ccc(-c3nc(CC(N)=O)nn3CCO)cc2[nH]1. The summed E-state index contributed by atoms with van der Waals surface area (Å²) in [6.45, 7) is 2.11. The van der Waals surface area contributed by atoms with Crippen LogP contribution >= 0.6 is 0 Å². The molecule has 0 atom stereocenters. The Morgan fingerprint density at radius 1 is 1.41 bits per heavy atom. The summed E-state index contributed by atoms with van der Waals surface area (Å²) in [5, 5.41) is 13.4. The number of aromatic amines is 1. The van der Waals surface area contributed by atoms with Crippen LogP contribution in [0.3, 0.4) is 0 Å². The van der Waals surface area contributed by atoms with E-state index in [1.54, 1.807) is 4.68 Å². The Labute approximate surface area is 126 Å². The van der Waals surface area contributed by atoms with Crippen LogP contribution in [0.2, 0.25) is 0 Å². The van der Waals surface area contributed by atoms with Gasteiger partial charge in [0.05, 0.1) is 30.6 Å². The third kappa shape index (κ3) is 2.68. The number of nitrogens with zero attached hydrogens (tertiary/aromatic N) is 4. The lowest BCUT2D eigenvalue weighted by molar-refractivity contribution is -0.117. The Kier molecular flexibility index (Phi) is 3.60. The molecule has 1 aromatic carbocycles. The summed E-state index contributed by atoms with van der Waals surface area (Å²) in [6, 6.07) is 5.69. The first-order valence-corrected chi connectivity index (χ1v) is 6.86. The number of primary amides is 1. The standard InChI is InChI=1S/C14H16N6O2/c1-8-16-10-3-2-9(6-11(10)17-8)14-18-13(7-12(15)22)19-20(14)4-5-21/h2-3,6,21H,4-5,7H2,1H3,(H2,15,22)(H,16,17). The van der Waals surface area contributed by atoms with Crippen LogP contribution in [0.5, 0.6) is 0 Å². The van der Waals surface area contributed by atoms with Gasteiger partial charge in [0.25, 0.3) is 0 Å². The van der Waals surface area contributed by atoms with Crippen molar-refractivity contribution in [2.75, 3.05) is 6.61 Å². The lowest BCUT2D eigenvalue weighted by atomic mass is 10.2. The number of fused-ring (bicyclic) bond motifs is 1. The minimum Gasteiger partial charge on any atom is -0.394 e. The summed E-state index contributed by atoms with van der Waals surface area (Å²) < 4.78 is 1.57. The molecule has 8 nitrogen and oxygen atoms in total. The molecule has 2 heterocycles. The summed E-state index contributed by atoms with van der Waals surface area (Å²) in [4.78, 5) is 22.9. The van der Waals surface area contributed by atoms with E-state index in [0.29, 0.717) is 18.2 Å². The van der Waals surface area contributed by atoms with Crippen LogP contribution in [0.15, 0.2) is 18.2 Å². The topological polar surface area (TPSA) is 123 Å². The maximum atomic E-state index is 11.0. The van der Waals surface area contributed by atoms with Gasteiger partial charge in [0, 0.05) is 5.56 Å². The highest BCUT2D eigenvalue weighted by Crippen LogP contribution is 2.22. The van der Waals surface area contributed by atoms with Gasteiger partial charge in [-0.25, -0.2) is 14.6 Å². The number of hydrogen-bond acceptors (Lipinski definition) is 5. The lowest BCUT2D eigenvalue weighted by Gasteiger charge is -2.03. The number of aryl methyl sites for hydroxylation is 1. The number of aliphatic hydroxyl groups excluding tert-OH is 1. The first-order chi connectivity index (χ1) is 10.6. The van der Waals surface area contributed by atoms with Crippen molar-refractivity contribution in [1.82, 2.24) is 24.7 Å². The molecular formula is C14H16N6O2. The number of rotatable bonds is 5. The Bertz CT molecular complexity index is 835. The first-order valence-electron chi connectivity index (χ1n) is 6.86. The number of imidazole rings is 1. The van der Waals surface area contributed by atoms with Gasteiger partial charge in [-0.3, -0.25) is 4.79 Å². The van der Waals surface area contributed by atoms with E-state index in [1.807, 2.05) is 25.1 Å². The predicted octanol–water partition coefficient (Wildman–Crippen LogP) is 0.150. The second kappa shape index (κ2) is 5.57. The van der Waals surface area contributed by atoms with Gasteiger partial charge >= 0.3 is 0 Å². The number of aromatic nitrogens is 5. The number of H-pyrrole nitrogens is 1. The fourth-order valence-corrected chi connectivity index (χ4v) is 2.36. The highest BCUT2D eigenvalue weighted by Gasteiger charge is 2.14. The number of nitrogens with one attached hydrogen (secondary N) is 1. The number of benzene rings is 1. The van der Waals surface area contributed by atoms with E-state index >= 15 is 0 Å². The number of nitrogens with two attached hydrogens (primary N) is 1. The fourth-order valence-electron chi connectivity index (χ4n) is 2.36. The van der Waals surface area contributed by atoms with Crippen molar-refractivity contribution in [1.29, 1.82) is 0 Å². The highest BCUT2D eigenvalue weighted by molar-refractivity contribution is 5.80. The number of amides is 1. The molecule has 0 spiro atoms. The molecule has 0 saturated heterocycles. The number of carbonyl (C=O) groups excluding carboxylic acids is 1. The summed E-state index contributed by atoms with van der Waals surface area (Å²) in [6.07, 6.45) is -0.0309. The van der Waals surface area contributed by atoms with E-state index in [0.717, 1.165) is 22.4 Å². The van der Waals surface area contributed by atoms with Crippen LogP contribution < -0.4 is 5.73 Å². The minimum absolute atomic E-state index is 0.0309. The van der Waals surface area contributed by atoms with Crippen molar-refractivity contribution < 1.29 is 9.90 Å². The minimum atomic E-state index is -0.493. The smallest absolute Gasteiger partial charge is 0.225 e. The second-order valence-corrected chi connectivity index (χ2v) is 5.00. The predicted molar refractivity (Wildman–Crippen MR) is 79.8 cm³/mol. The van der Waals surface area contributed by atoms with Crippen molar-refractivity contribution in [2.24, 2.45) is 5.73 Å². The molecule has 0 radical (unpaired) electrons. The molecular weight excluding hydrogens is 284 g/mol. The van der Waals surface area contributed by atoms with E-state index in [-0.39, 0.29) is 13.0 Å². The van der Waals surface area contributed by atoms with Crippen LogP contribution in [-0.2, 0) is 17.8 Å². The molecule has 8 heteroatoms. The zero-order valence-corrected chi connectivity index (χ0v) is 12.1. The molecule has 1 amide bonds. The summed E-state index contributed by atoms with van der Waals surface area (Å²) in [5.74, 6) is 1.27. The van der Waals surface area contributed by atoms with Gasteiger partial charge in [-0.1, -0.05) is 0 Å². The molecule has 0 aliphatic rings. The van der Waals surface area contributed by atoms with E-state index in [1.165, 1.54) is 0 Å². The summed E-state index contributed by atoms with van der Waals surface area (Å²) >= 11 is 0. The van der Waals surface area contributed by atoms with Gasteiger partial charge in [-0.15, -0.1) is 0 Å². The molecule has 0 fully saturated rings. The first kappa shape index (κ1) is 14.2. The zero-order valence-electron chi connectivity index (χ0n) is 12.1. The van der Waals surface area contributed by atoms with Gasteiger partial charge in [-0.05, 0) is 25.1 Å². The Balaban J connectivity index is 2.06. The molecule has 0 aliphatic carbocycles. The number of aliphatic hydroxyl groups is 1. The lowest BCUT2D eigenvalue weighted by Crippen LogP contribution is -2.15. The monoisotopic (exact) mass is 300 g/mol. The van der Waals surface area contributed by atoms with Crippen molar-refractivity contribution >= 4 is 16.9 Å². The molecule has 3 aromatic rings. The van der Waals surface area contributed by atoms with Crippen LogP contribution in [0, 0.1) is 6.92 Å². The maximum absolute atomic E-state index is 11.0. The molecule has 4 N–H and O–H groups in total. The molecule has 22 heavy (non-hydrogen) atoms. The molecule has 2 aromatic heterocycles. The number of carbonyl (C=O) groups is 1. The van der Waals surface area contributed by atoms with Crippen molar-refractivity contribution in [3.63, 3.8) is 0 Å². The summed E-state index contributed by atoms with van der Waals surface area (Å²) in [7, 11) is 0. The third-order valence-electron chi connectivity index (χ3n) is 3.22. The van der Waals surface area contributed by atoms with Gasteiger partial charge in [-0.2, -0.15) is 5.10 Å². The Morgan fingerprint density at radius 3 is 2.95 bits per heavy atom. The zero-order chi connectivity index (χ0) is 15.7. The van der Waals surface area contributed by atoms with E-state index in [4.69, 9.17) is 10.8 Å². The van der Waals surface area contributed by atoms with Crippen molar-refractivity contribution in [2.45, 2.75) is 19.9 Å². The van der Waals surface area contributed by atoms with Crippen LogP contribution in [0.1, 0.15) is 11.6 Å². The molecule has 0 saturated carbocycles. The van der Waals surface area contributed by atoms with E-state index < -0.39 is 5.91 Å². The van der Waals surface area contributed by atoms with Gasteiger partial charge < -0.3 is 15.8 Å². The highest BCUT2D eigenvalue weighted by atomic mass is 16.3. The maximum Gasteiger partial charge on any atom is 0.225 e. The van der Waals surface area contributed by atoms with E-state index in [9.17, 15) is 4.79 Å². The normalized spacial score (nSPS) is 11.2. The van der Waals surface area contributed by atoms with Gasteiger partial charge in [0.15, 0.2) is 11.6 Å². The third-order valence-corrected chi connectivity index (χ3v) is 3.22. The van der Waals surface area contributed by atoms with Crippen LogP contribution in [-0.4, -0.2) is 42.4 Å². The van der Waals surface area contributed by atoms with Crippen molar-refractivity contribution in [3.05, 3.63) is 29.8 Å². The molecule has 114 valence electrons. The molecule has 0 aliphatic heterocycles. The average Bonchev–Trinajstić information content (AvgIpc) is 3.00.